The average Bonchev–Trinajstić information content (AvgIpc) is 2.28. The molecule has 0 aliphatic heterocycles. The van der Waals surface area contributed by atoms with E-state index in [1.807, 2.05) is 0 Å². The van der Waals surface area contributed by atoms with E-state index in [0.29, 0.717) is 11.3 Å². The van der Waals surface area contributed by atoms with Crippen LogP contribution >= 0.6 is 0 Å². The number of methoxy groups -OCH3 is 1. The molecule has 0 heterocycles. The summed E-state index contributed by atoms with van der Waals surface area (Å²) in [6.45, 7) is 3.59. The van der Waals surface area contributed by atoms with Crippen LogP contribution in [0.3, 0.4) is 0 Å². The maximum absolute atomic E-state index is 10.4. The Kier molecular flexibility index (Phi) is 4.02. The van der Waals surface area contributed by atoms with Crippen LogP contribution in [0.5, 0.6) is 0 Å². The largest absolute Gasteiger partial charge is 0.502 e. The number of nitrogens with zero attached hydrogens (tertiary/aromatic N) is 1. The van der Waals surface area contributed by atoms with E-state index >= 15 is 0 Å². The topological polar surface area (TPSA) is 72.6 Å². The summed E-state index contributed by atoms with van der Waals surface area (Å²) in [6.07, 6.45) is -0.484. The van der Waals surface area contributed by atoms with E-state index in [2.05, 4.69) is 6.58 Å². The zero-order chi connectivity index (χ0) is 12.1. The number of hydrogen-bond donors (Lipinski definition) is 1. The van der Waals surface area contributed by atoms with Crippen LogP contribution in [0.2, 0.25) is 0 Å². The van der Waals surface area contributed by atoms with Gasteiger partial charge in [0.25, 0.3) is 5.69 Å². The predicted octanol–water partition coefficient (Wildman–Crippen LogP) is 2.18. The Morgan fingerprint density at radius 2 is 2.12 bits per heavy atom. The van der Waals surface area contributed by atoms with Gasteiger partial charge in [-0.3, -0.25) is 10.1 Å². The Balaban J connectivity index is 2.73. The quantitative estimate of drug-likeness (QED) is 0.471. The molecular weight excluding hydrogens is 210 g/mol. The summed E-state index contributed by atoms with van der Waals surface area (Å²) < 4.78 is 4.84. The van der Waals surface area contributed by atoms with Gasteiger partial charge in [0.15, 0.2) is 0 Å². The smallest absolute Gasteiger partial charge is 0.269 e. The van der Waals surface area contributed by atoms with Crippen molar-refractivity contribution in [2.45, 2.75) is 12.5 Å². The molecule has 86 valence electrons. The summed E-state index contributed by atoms with van der Waals surface area (Å²) in [5, 5.41) is 20.2. The van der Waals surface area contributed by atoms with Crippen LogP contribution in [0.15, 0.2) is 36.6 Å². The molecule has 0 bridgehead atoms. The van der Waals surface area contributed by atoms with Crippen molar-refractivity contribution in [2.24, 2.45) is 0 Å². The molecule has 0 saturated carbocycles. The molecule has 1 aromatic rings. The van der Waals surface area contributed by atoms with E-state index in [-0.39, 0.29) is 12.1 Å². The first kappa shape index (κ1) is 12.2. The molecule has 1 rings (SSSR count). The Labute approximate surface area is 93.1 Å². The molecule has 0 aliphatic rings. The summed E-state index contributed by atoms with van der Waals surface area (Å²) in [5.41, 5.74) is 0.602. The number of hydrogen-bond acceptors (Lipinski definition) is 4. The van der Waals surface area contributed by atoms with Gasteiger partial charge in [-0.25, -0.2) is 0 Å². The van der Waals surface area contributed by atoms with Gasteiger partial charge in [0, 0.05) is 18.6 Å². The van der Waals surface area contributed by atoms with E-state index < -0.39 is 11.0 Å². The molecule has 0 radical (unpaired) electrons. The van der Waals surface area contributed by atoms with Crippen LogP contribution in [0.25, 0.3) is 0 Å². The summed E-state index contributed by atoms with van der Waals surface area (Å²) >= 11 is 0. The van der Waals surface area contributed by atoms with Crippen LogP contribution in [-0.2, 0) is 4.74 Å². The standard InChI is InChI=1S/C11H13NO4/c1-8(16-2)7-11(13)9-3-5-10(6-4-9)12(14)15/h3-6,11,13H,1,7H2,2H3/t11-/m0/s1. The maximum Gasteiger partial charge on any atom is 0.269 e. The second-order valence-electron chi connectivity index (χ2n) is 3.31. The summed E-state index contributed by atoms with van der Waals surface area (Å²) in [4.78, 5) is 9.93. The van der Waals surface area contributed by atoms with Gasteiger partial charge in [-0.2, -0.15) is 0 Å². The Bertz CT molecular complexity index is 385. The normalized spacial score (nSPS) is 11.9. The van der Waals surface area contributed by atoms with E-state index in [1.165, 1.54) is 31.4 Å². The molecule has 0 aliphatic carbocycles. The van der Waals surface area contributed by atoms with Gasteiger partial charge in [-0.05, 0) is 17.7 Å². The number of rotatable bonds is 5. The van der Waals surface area contributed by atoms with Gasteiger partial charge in [0.05, 0.1) is 23.9 Å². The van der Waals surface area contributed by atoms with Crippen molar-refractivity contribution in [2.75, 3.05) is 7.11 Å². The van der Waals surface area contributed by atoms with Crippen LogP contribution < -0.4 is 0 Å². The molecule has 1 atom stereocenters. The molecule has 0 aromatic heterocycles. The van der Waals surface area contributed by atoms with E-state index in [9.17, 15) is 15.2 Å². The van der Waals surface area contributed by atoms with Gasteiger partial charge in [-0.15, -0.1) is 0 Å². The summed E-state index contributed by atoms with van der Waals surface area (Å²) in [7, 11) is 1.48. The van der Waals surface area contributed by atoms with Crippen molar-refractivity contribution < 1.29 is 14.8 Å². The highest BCUT2D eigenvalue weighted by molar-refractivity contribution is 5.33. The zero-order valence-corrected chi connectivity index (χ0v) is 8.92. The van der Waals surface area contributed by atoms with Crippen LogP contribution in [0, 0.1) is 10.1 Å². The third-order valence-electron chi connectivity index (χ3n) is 2.20. The van der Waals surface area contributed by atoms with Gasteiger partial charge < -0.3 is 9.84 Å². The average molecular weight is 223 g/mol. The summed E-state index contributed by atoms with van der Waals surface area (Å²) in [6, 6.07) is 5.75. The lowest BCUT2D eigenvalue weighted by molar-refractivity contribution is -0.384. The third-order valence-corrected chi connectivity index (χ3v) is 2.20. The zero-order valence-electron chi connectivity index (χ0n) is 8.92. The SMILES string of the molecule is C=C(C[C@H](O)c1ccc([N+](=O)[O-])cc1)OC. The van der Waals surface area contributed by atoms with Crippen molar-refractivity contribution in [3.8, 4) is 0 Å². The Morgan fingerprint density at radius 3 is 2.56 bits per heavy atom. The minimum atomic E-state index is -0.756. The predicted molar refractivity (Wildman–Crippen MR) is 58.8 cm³/mol. The molecule has 1 N–H and O–H groups in total. The highest BCUT2D eigenvalue weighted by Gasteiger charge is 2.11. The van der Waals surface area contributed by atoms with Gasteiger partial charge in [0.2, 0.25) is 0 Å². The first-order valence-corrected chi connectivity index (χ1v) is 4.68. The lowest BCUT2D eigenvalue weighted by atomic mass is 10.1. The number of nitro benzene ring substituents is 1. The second-order valence-corrected chi connectivity index (χ2v) is 3.31. The fourth-order valence-corrected chi connectivity index (χ4v) is 1.24. The van der Waals surface area contributed by atoms with Gasteiger partial charge in [0.1, 0.15) is 0 Å². The minimum Gasteiger partial charge on any atom is -0.502 e. The molecule has 5 nitrogen and oxygen atoms in total. The van der Waals surface area contributed by atoms with Crippen LogP contribution in [-0.4, -0.2) is 17.1 Å². The Morgan fingerprint density at radius 1 is 1.56 bits per heavy atom. The molecule has 16 heavy (non-hydrogen) atoms. The molecule has 0 spiro atoms. The van der Waals surface area contributed by atoms with Crippen molar-refractivity contribution in [1.82, 2.24) is 0 Å². The summed E-state index contributed by atoms with van der Waals surface area (Å²) in [5.74, 6) is 0.464. The van der Waals surface area contributed by atoms with E-state index in [0.717, 1.165) is 0 Å². The second kappa shape index (κ2) is 5.27. The molecule has 0 saturated heterocycles. The van der Waals surface area contributed by atoms with Crippen molar-refractivity contribution in [1.29, 1.82) is 0 Å². The highest BCUT2D eigenvalue weighted by atomic mass is 16.6. The third kappa shape index (κ3) is 3.06. The van der Waals surface area contributed by atoms with E-state index in [4.69, 9.17) is 4.74 Å². The maximum atomic E-state index is 10.4. The fraction of sp³-hybridized carbons (Fsp3) is 0.273. The van der Waals surface area contributed by atoms with Gasteiger partial charge in [-0.1, -0.05) is 6.58 Å². The molecule has 5 heteroatoms. The number of aliphatic hydroxyl groups is 1. The molecule has 0 amide bonds. The first-order valence-electron chi connectivity index (χ1n) is 4.68. The van der Waals surface area contributed by atoms with E-state index in [1.54, 1.807) is 0 Å². The molecular formula is C11H13NO4. The number of aliphatic hydroxyl groups excluding tert-OH is 1. The Hall–Kier alpha value is -1.88. The lowest BCUT2D eigenvalue weighted by Gasteiger charge is -2.11. The molecule has 1 aromatic carbocycles. The van der Waals surface area contributed by atoms with Crippen molar-refractivity contribution >= 4 is 5.69 Å². The first-order chi connectivity index (χ1) is 7.54. The minimum absolute atomic E-state index is 0.00141. The molecule has 0 unspecified atom stereocenters. The number of ether oxygens (including phenoxy) is 1. The van der Waals surface area contributed by atoms with Crippen LogP contribution in [0.1, 0.15) is 18.1 Å². The monoisotopic (exact) mass is 223 g/mol. The van der Waals surface area contributed by atoms with Crippen molar-refractivity contribution in [3.63, 3.8) is 0 Å². The van der Waals surface area contributed by atoms with Crippen LogP contribution in [0.4, 0.5) is 5.69 Å². The van der Waals surface area contributed by atoms with Crippen molar-refractivity contribution in [3.05, 3.63) is 52.3 Å². The highest BCUT2D eigenvalue weighted by Crippen LogP contribution is 2.22. The fourth-order valence-electron chi connectivity index (χ4n) is 1.24. The number of nitro groups is 1. The lowest BCUT2D eigenvalue weighted by Crippen LogP contribution is -2.00. The van der Waals surface area contributed by atoms with Gasteiger partial charge >= 0.3 is 0 Å². The molecule has 0 fully saturated rings. The number of non-ortho nitro benzene ring substituents is 1. The number of benzene rings is 1.